The number of urea groups is 1. The fraction of sp³-hybridized carbons (Fsp3) is 0.263. The summed E-state index contributed by atoms with van der Waals surface area (Å²) in [6, 6.07) is 7.66. The van der Waals surface area contributed by atoms with Crippen LogP contribution in [0.25, 0.3) is 11.2 Å². The molecule has 10 heteroatoms. The summed E-state index contributed by atoms with van der Waals surface area (Å²) in [6.45, 7) is 1.67. The number of pyridine rings is 1. The second kappa shape index (κ2) is 7.78. The van der Waals surface area contributed by atoms with E-state index >= 15 is 0 Å². The van der Waals surface area contributed by atoms with Crippen LogP contribution in [0.5, 0.6) is 0 Å². The highest BCUT2D eigenvalue weighted by Crippen LogP contribution is 2.20. The lowest BCUT2D eigenvalue weighted by Gasteiger charge is -2.35. The van der Waals surface area contributed by atoms with Crippen molar-refractivity contribution in [3.05, 3.63) is 57.2 Å². The van der Waals surface area contributed by atoms with Crippen LogP contribution in [-0.4, -0.2) is 51.6 Å². The Morgan fingerprint density at radius 1 is 1.21 bits per heavy atom. The molecule has 0 saturated carbocycles. The lowest BCUT2D eigenvalue weighted by molar-refractivity contribution is 0.208. The van der Waals surface area contributed by atoms with Crippen molar-refractivity contribution in [3.8, 4) is 0 Å². The van der Waals surface area contributed by atoms with E-state index in [1.54, 1.807) is 30.3 Å². The van der Waals surface area contributed by atoms with Gasteiger partial charge >= 0.3 is 6.03 Å². The van der Waals surface area contributed by atoms with Crippen LogP contribution in [-0.2, 0) is 7.05 Å². The van der Waals surface area contributed by atoms with E-state index in [1.165, 1.54) is 16.7 Å². The fourth-order valence-electron chi connectivity index (χ4n) is 3.25. The molecule has 2 aromatic heterocycles. The molecule has 150 valence electrons. The molecule has 1 aliphatic rings. The van der Waals surface area contributed by atoms with Crippen LogP contribution < -0.4 is 15.8 Å². The fourth-order valence-corrected chi connectivity index (χ4v) is 3.59. The van der Waals surface area contributed by atoms with E-state index in [9.17, 15) is 14.0 Å². The molecule has 4 rings (SSSR count). The van der Waals surface area contributed by atoms with E-state index in [0.717, 1.165) is 0 Å². The number of carbonyl (C=O) groups is 1. The lowest BCUT2D eigenvalue weighted by Crippen LogP contribution is -2.51. The van der Waals surface area contributed by atoms with E-state index in [-0.39, 0.29) is 17.3 Å². The number of hydrogen-bond donors (Lipinski definition) is 1. The topological polar surface area (TPSA) is 83.4 Å². The molecule has 1 aliphatic heterocycles. The number of carbonyl (C=O) groups excluding carboxylic acids is 1. The van der Waals surface area contributed by atoms with E-state index in [1.807, 2.05) is 11.0 Å². The van der Waals surface area contributed by atoms with Gasteiger partial charge in [0.1, 0.15) is 11.3 Å². The van der Waals surface area contributed by atoms with Crippen LogP contribution in [0.1, 0.15) is 0 Å². The molecule has 3 heterocycles. The van der Waals surface area contributed by atoms with Gasteiger partial charge in [-0.25, -0.2) is 19.2 Å². The van der Waals surface area contributed by atoms with Gasteiger partial charge < -0.3 is 15.1 Å². The quantitative estimate of drug-likeness (QED) is 0.635. The Labute approximate surface area is 174 Å². The SMILES string of the molecule is Cn1c(=O)c(N2CCN(C(=O)Nc3ccc(Br)cc3F)CC2)nc2cccnc21. The van der Waals surface area contributed by atoms with E-state index in [4.69, 9.17) is 0 Å². The molecule has 0 unspecified atom stereocenters. The Bertz CT molecular complexity index is 1140. The predicted molar refractivity (Wildman–Crippen MR) is 112 cm³/mol. The van der Waals surface area contributed by atoms with Crippen LogP contribution in [0.3, 0.4) is 0 Å². The lowest BCUT2D eigenvalue weighted by atomic mass is 10.3. The van der Waals surface area contributed by atoms with Gasteiger partial charge in [0.15, 0.2) is 11.5 Å². The second-order valence-electron chi connectivity index (χ2n) is 6.67. The van der Waals surface area contributed by atoms with Gasteiger partial charge in [0, 0.05) is 43.9 Å². The number of nitrogens with one attached hydrogen (secondary N) is 1. The maximum atomic E-state index is 13.9. The summed E-state index contributed by atoms with van der Waals surface area (Å²) in [6.07, 6.45) is 1.62. The number of halogens is 2. The van der Waals surface area contributed by atoms with Crippen LogP contribution in [0, 0.1) is 5.82 Å². The van der Waals surface area contributed by atoms with E-state index < -0.39 is 5.82 Å². The van der Waals surface area contributed by atoms with Gasteiger partial charge in [0.05, 0.1) is 5.69 Å². The van der Waals surface area contributed by atoms with Crippen molar-refractivity contribution in [2.24, 2.45) is 7.05 Å². The van der Waals surface area contributed by atoms with Crippen LogP contribution in [0.4, 0.5) is 20.7 Å². The summed E-state index contributed by atoms with van der Waals surface area (Å²) in [7, 11) is 1.67. The van der Waals surface area contributed by atoms with Gasteiger partial charge in [0.25, 0.3) is 5.56 Å². The largest absolute Gasteiger partial charge is 0.348 e. The van der Waals surface area contributed by atoms with E-state index in [2.05, 4.69) is 31.2 Å². The zero-order valence-electron chi connectivity index (χ0n) is 15.6. The predicted octanol–water partition coefficient (Wildman–Crippen LogP) is 2.58. The number of piperazine rings is 1. The van der Waals surface area contributed by atoms with Crippen molar-refractivity contribution in [1.29, 1.82) is 0 Å². The number of amides is 2. The number of fused-ring (bicyclic) bond motifs is 1. The average molecular weight is 461 g/mol. The molecule has 29 heavy (non-hydrogen) atoms. The van der Waals surface area contributed by atoms with Crippen molar-refractivity contribution in [1.82, 2.24) is 19.4 Å². The molecule has 1 fully saturated rings. The number of anilines is 2. The summed E-state index contributed by atoms with van der Waals surface area (Å²) < 4.78 is 16.0. The Hall–Kier alpha value is -3.01. The highest BCUT2D eigenvalue weighted by atomic mass is 79.9. The van der Waals surface area contributed by atoms with Crippen molar-refractivity contribution < 1.29 is 9.18 Å². The van der Waals surface area contributed by atoms with Crippen molar-refractivity contribution >= 4 is 44.6 Å². The molecule has 3 aromatic rings. The number of hydrogen-bond acceptors (Lipinski definition) is 5. The molecule has 2 amide bonds. The maximum absolute atomic E-state index is 13.9. The highest BCUT2D eigenvalue weighted by molar-refractivity contribution is 9.10. The Morgan fingerprint density at radius 2 is 1.97 bits per heavy atom. The number of benzene rings is 1. The third kappa shape index (κ3) is 3.80. The minimum atomic E-state index is -0.510. The second-order valence-corrected chi connectivity index (χ2v) is 7.59. The summed E-state index contributed by atoms with van der Waals surface area (Å²) in [4.78, 5) is 37.3. The summed E-state index contributed by atoms with van der Waals surface area (Å²) in [5, 5.41) is 2.59. The first-order valence-electron chi connectivity index (χ1n) is 9.02. The highest BCUT2D eigenvalue weighted by Gasteiger charge is 2.25. The summed E-state index contributed by atoms with van der Waals surface area (Å²) in [5.41, 5.74) is 1.05. The molecule has 0 radical (unpaired) electrons. The van der Waals surface area contributed by atoms with Crippen LogP contribution in [0.15, 0.2) is 45.8 Å². The van der Waals surface area contributed by atoms with Gasteiger partial charge in [-0.3, -0.25) is 9.36 Å². The average Bonchev–Trinajstić information content (AvgIpc) is 2.73. The molecule has 1 N–H and O–H groups in total. The molecule has 1 saturated heterocycles. The van der Waals surface area contributed by atoms with Gasteiger partial charge in [0.2, 0.25) is 0 Å². The maximum Gasteiger partial charge on any atom is 0.322 e. The Morgan fingerprint density at radius 3 is 2.69 bits per heavy atom. The number of nitrogens with zero attached hydrogens (tertiary/aromatic N) is 5. The monoisotopic (exact) mass is 460 g/mol. The van der Waals surface area contributed by atoms with Crippen molar-refractivity contribution in [2.45, 2.75) is 0 Å². The van der Waals surface area contributed by atoms with Gasteiger partial charge in [-0.2, -0.15) is 0 Å². The van der Waals surface area contributed by atoms with Gasteiger partial charge in [-0.05, 0) is 30.3 Å². The minimum absolute atomic E-state index is 0.123. The first kappa shape index (κ1) is 19.3. The third-order valence-corrected chi connectivity index (χ3v) is 5.34. The molecule has 0 bridgehead atoms. The molecule has 0 atom stereocenters. The van der Waals surface area contributed by atoms with Crippen LogP contribution >= 0.6 is 15.9 Å². The molecule has 8 nitrogen and oxygen atoms in total. The molecular weight excluding hydrogens is 443 g/mol. The zero-order valence-corrected chi connectivity index (χ0v) is 17.2. The molecular formula is C19H18BrFN6O2. The van der Waals surface area contributed by atoms with Gasteiger partial charge in [-0.15, -0.1) is 0 Å². The number of rotatable bonds is 2. The Balaban J connectivity index is 1.47. The standard InChI is InChI=1S/C19H18BrFN6O2/c1-25-16-15(3-2-6-22-16)23-17(18(25)28)26-7-9-27(10-8-26)19(29)24-14-5-4-12(20)11-13(14)21/h2-6,11H,7-10H2,1H3,(H,24,29). The molecule has 0 aliphatic carbocycles. The Kier molecular flexibility index (Phi) is 5.18. The van der Waals surface area contributed by atoms with E-state index in [0.29, 0.717) is 47.6 Å². The number of aromatic nitrogens is 3. The summed E-state index contributed by atoms with van der Waals surface area (Å²) in [5.74, 6) is -0.171. The minimum Gasteiger partial charge on any atom is -0.348 e. The van der Waals surface area contributed by atoms with Crippen molar-refractivity contribution in [3.63, 3.8) is 0 Å². The molecule has 0 spiro atoms. The first-order chi connectivity index (χ1) is 13.9. The molecule has 1 aromatic carbocycles. The smallest absolute Gasteiger partial charge is 0.322 e. The number of aryl methyl sites for hydroxylation is 1. The summed E-state index contributed by atoms with van der Waals surface area (Å²) >= 11 is 3.19. The third-order valence-electron chi connectivity index (χ3n) is 4.85. The van der Waals surface area contributed by atoms with Gasteiger partial charge in [-0.1, -0.05) is 15.9 Å². The normalized spacial score (nSPS) is 14.3. The zero-order chi connectivity index (χ0) is 20.5. The first-order valence-corrected chi connectivity index (χ1v) is 9.81. The van der Waals surface area contributed by atoms with Crippen molar-refractivity contribution in [2.75, 3.05) is 36.4 Å². The van der Waals surface area contributed by atoms with Crippen LogP contribution in [0.2, 0.25) is 0 Å².